The molecule has 4 rings (SSSR count). The number of piperidine rings is 1. The van der Waals surface area contributed by atoms with Gasteiger partial charge in [0.25, 0.3) is 5.91 Å². The van der Waals surface area contributed by atoms with Crippen molar-refractivity contribution in [1.82, 2.24) is 15.0 Å². The molecule has 6 nitrogen and oxygen atoms in total. The van der Waals surface area contributed by atoms with Crippen molar-refractivity contribution >= 4 is 11.8 Å². The SMILES string of the molecule is CCC1CCCCC1C(=O)N1CCC2(CC1)CN(C(=O)c1ccon1)C2. The van der Waals surface area contributed by atoms with Crippen LogP contribution >= 0.6 is 0 Å². The van der Waals surface area contributed by atoms with E-state index in [-0.39, 0.29) is 17.2 Å². The summed E-state index contributed by atoms with van der Waals surface area (Å²) in [5, 5.41) is 3.74. The number of amides is 2. The standard InChI is InChI=1S/C20H29N3O3/c1-2-15-5-3-4-6-16(15)18(24)22-10-8-20(9-11-22)13-23(14-20)19(25)17-7-12-26-21-17/h7,12,15-16H,2-6,8-11,13-14H2,1H3. The molecule has 1 spiro atoms. The Morgan fingerprint density at radius 1 is 1.19 bits per heavy atom. The maximum atomic E-state index is 13.0. The minimum absolute atomic E-state index is 0.0455. The first-order valence-corrected chi connectivity index (χ1v) is 10.1. The smallest absolute Gasteiger partial charge is 0.276 e. The molecule has 3 fully saturated rings. The predicted octanol–water partition coefficient (Wildman–Crippen LogP) is 2.96. The van der Waals surface area contributed by atoms with Gasteiger partial charge in [-0.25, -0.2) is 0 Å². The van der Waals surface area contributed by atoms with Crippen LogP contribution in [0.1, 0.15) is 62.4 Å². The van der Waals surface area contributed by atoms with Crippen LogP contribution in [0.4, 0.5) is 0 Å². The van der Waals surface area contributed by atoms with E-state index in [1.165, 1.54) is 25.5 Å². The van der Waals surface area contributed by atoms with Crippen LogP contribution in [-0.4, -0.2) is 52.9 Å². The predicted molar refractivity (Wildman–Crippen MR) is 96.4 cm³/mol. The average Bonchev–Trinajstić information content (AvgIpc) is 3.20. The van der Waals surface area contributed by atoms with Crippen molar-refractivity contribution in [2.75, 3.05) is 26.2 Å². The van der Waals surface area contributed by atoms with E-state index in [0.29, 0.717) is 17.5 Å². The van der Waals surface area contributed by atoms with Crippen molar-refractivity contribution in [2.45, 2.75) is 51.9 Å². The highest BCUT2D eigenvalue weighted by Gasteiger charge is 2.48. The van der Waals surface area contributed by atoms with Gasteiger partial charge < -0.3 is 14.3 Å². The van der Waals surface area contributed by atoms with Crippen molar-refractivity contribution in [3.63, 3.8) is 0 Å². The van der Waals surface area contributed by atoms with Gasteiger partial charge in [0, 0.05) is 43.6 Å². The zero-order valence-electron chi connectivity index (χ0n) is 15.7. The largest absolute Gasteiger partial charge is 0.364 e. The number of nitrogens with zero attached hydrogens (tertiary/aromatic N) is 3. The number of hydrogen-bond acceptors (Lipinski definition) is 4. The summed E-state index contributed by atoms with van der Waals surface area (Å²) in [6.07, 6.45) is 9.32. The minimum atomic E-state index is -0.0455. The van der Waals surface area contributed by atoms with Crippen molar-refractivity contribution < 1.29 is 14.1 Å². The van der Waals surface area contributed by atoms with Crippen LogP contribution in [0.25, 0.3) is 0 Å². The summed E-state index contributed by atoms with van der Waals surface area (Å²) in [7, 11) is 0. The Hall–Kier alpha value is -1.85. The topological polar surface area (TPSA) is 66.7 Å². The van der Waals surface area contributed by atoms with Gasteiger partial charge in [-0.2, -0.15) is 0 Å². The van der Waals surface area contributed by atoms with Crippen LogP contribution in [0.15, 0.2) is 16.9 Å². The molecule has 26 heavy (non-hydrogen) atoms. The Bertz CT molecular complexity index is 641. The monoisotopic (exact) mass is 359 g/mol. The van der Waals surface area contributed by atoms with Gasteiger partial charge in [-0.05, 0) is 31.6 Å². The third kappa shape index (κ3) is 3.14. The lowest BCUT2D eigenvalue weighted by atomic mass is 9.71. The van der Waals surface area contributed by atoms with Gasteiger partial charge in [0.15, 0.2) is 5.69 Å². The van der Waals surface area contributed by atoms with E-state index >= 15 is 0 Å². The average molecular weight is 359 g/mol. The summed E-state index contributed by atoms with van der Waals surface area (Å²) in [6.45, 7) is 5.47. The van der Waals surface area contributed by atoms with Gasteiger partial charge in [0.1, 0.15) is 6.26 Å². The highest BCUT2D eigenvalue weighted by Crippen LogP contribution is 2.42. The van der Waals surface area contributed by atoms with Crippen LogP contribution in [0.3, 0.4) is 0 Å². The molecular formula is C20H29N3O3. The molecule has 2 amide bonds. The van der Waals surface area contributed by atoms with E-state index in [1.54, 1.807) is 6.07 Å². The Morgan fingerprint density at radius 3 is 2.58 bits per heavy atom. The molecule has 0 bridgehead atoms. The number of rotatable bonds is 3. The highest BCUT2D eigenvalue weighted by molar-refractivity contribution is 5.92. The maximum Gasteiger partial charge on any atom is 0.276 e. The lowest BCUT2D eigenvalue weighted by molar-refractivity contribution is -0.143. The lowest BCUT2D eigenvalue weighted by Crippen LogP contribution is -2.62. The molecule has 2 saturated heterocycles. The summed E-state index contributed by atoms with van der Waals surface area (Å²) < 4.78 is 4.77. The van der Waals surface area contributed by atoms with Gasteiger partial charge in [-0.3, -0.25) is 9.59 Å². The summed E-state index contributed by atoms with van der Waals surface area (Å²) in [6, 6.07) is 1.61. The second-order valence-electron chi connectivity index (χ2n) is 8.43. The fourth-order valence-electron chi connectivity index (χ4n) is 5.17. The first-order valence-electron chi connectivity index (χ1n) is 10.1. The molecule has 2 atom stereocenters. The van der Waals surface area contributed by atoms with Crippen molar-refractivity contribution in [2.24, 2.45) is 17.3 Å². The van der Waals surface area contributed by atoms with Crippen LogP contribution in [0.5, 0.6) is 0 Å². The molecule has 3 aliphatic rings. The molecule has 142 valence electrons. The first kappa shape index (κ1) is 17.6. The Labute approximate surface area is 154 Å². The van der Waals surface area contributed by atoms with E-state index in [9.17, 15) is 9.59 Å². The molecule has 1 saturated carbocycles. The zero-order valence-corrected chi connectivity index (χ0v) is 15.7. The molecule has 1 aromatic heterocycles. The van der Waals surface area contributed by atoms with Crippen LogP contribution in [-0.2, 0) is 4.79 Å². The second-order valence-corrected chi connectivity index (χ2v) is 8.43. The summed E-state index contributed by atoms with van der Waals surface area (Å²) in [5.74, 6) is 1.16. The van der Waals surface area contributed by atoms with Crippen LogP contribution < -0.4 is 0 Å². The molecule has 2 unspecified atom stereocenters. The number of aromatic nitrogens is 1. The third-order valence-corrected chi connectivity index (χ3v) is 6.88. The molecule has 1 aromatic rings. The van der Waals surface area contributed by atoms with Gasteiger partial charge in [0.2, 0.25) is 5.91 Å². The molecule has 1 aliphatic carbocycles. The molecule has 3 heterocycles. The lowest BCUT2D eigenvalue weighted by Gasteiger charge is -2.54. The summed E-state index contributed by atoms with van der Waals surface area (Å²) >= 11 is 0. The normalized spacial score (nSPS) is 28.0. The first-order chi connectivity index (χ1) is 12.6. The van der Waals surface area contributed by atoms with Crippen LogP contribution in [0, 0.1) is 17.3 Å². The zero-order chi connectivity index (χ0) is 18.1. The van der Waals surface area contributed by atoms with Crippen molar-refractivity contribution in [3.05, 3.63) is 18.0 Å². The van der Waals surface area contributed by atoms with E-state index < -0.39 is 0 Å². The fourth-order valence-corrected chi connectivity index (χ4v) is 5.17. The van der Waals surface area contributed by atoms with Gasteiger partial charge in [-0.1, -0.05) is 31.3 Å². The molecule has 2 aliphatic heterocycles. The van der Waals surface area contributed by atoms with E-state index in [1.807, 2.05) is 4.90 Å². The van der Waals surface area contributed by atoms with Crippen molar-refractivity contribution in [3.8, 4) is 0 Å². The highest BCUT2D eigenvalue weighted by atomic mass is 16.5. The molecule has 0 aromatic carbocycles. The minimum Gasteiger partial charge on any atom is -0.364 e. The quantitative estimate of drug-likeness (QED) is 0.832. The van der Waals surface area contributed by atoms with Crippen LogP contribution in [0.2, 0.25) is 0 Å². The Balaban J connectivity index is 1.29. The van der Waals surface area contributed by atoms with E-state index in [0.717, 1.165) is 51.9 Å². The summed E-state index contributed by atoms with van der Waals surface area (Å²) in [4.78, 5) is 29.3. The maximum absolute atomic E-state index is 13.0. The van der Waals surface area contributed by atoms with E-state index in [4.69, 9.17) is 4.52 Å². The molecule has 6 heteroatoms. The number of carbonyl (C=O) groups excluding carboxylic acids is 2. The van der Waals surface area contributed by atoms with Gasteiger partial charge in [-0.15, -0.1) is 0 Å². The number of carbonyl (C=O) groups is 2. The second kappa shape index (κ2) is 7.05. The summed E-state index contributed by atoms with van der Waals surface area (Å²) in [5.41, 5.74) is 0.586. The van der Waals surface area contributed by atoms with Gasteiger partial charge in [0.05, 0.1) is 0 Å². The van der Waals surface area contributed by atoms with Crippen molar-refractivity contribution in [1.29, 1.82) is 0 Å². The van der Waals surface area contributed by atoms with E-state index in [2.05, 4.69) is 17.0 Å². The van der Waals surface area contributed by atoms with Gasteiger partial charge >= 0.3 is 0 Å². The molecule has 0 radical (unpaired) electrons. The fraction of sp³-hybridized carbons (Fsp3) is 0.750. The Kier molecular flexibility index (Phi) is 4.76. The third-order valence-electron chi connectivity index (χ3n) is 6.88. The molecular weight excluding hydrogens is 330 g/mol. The molecule has 0 N–H and O–H groups in total. The number of hydrogen-bond donors (Lipinski definition) is 0. The number of likely N-dealkylation sites (tertiary alicyclic amines) is 2. The Morgan fingerprint density at radius 2 is 1.92 bits per heavy atom.